The zero-order chi connectivity index (χ0) is 10.7. The van der Waals surface area contributed by atoms with Crippen molar-refractivity contribution in [1.82, 2.24) is 9.97 Å². The Hall–Kier alpha value is -1.36. The summed E-state index contributed by atoms with van der Waals surface area (Å²) in [5.74, 6) is -0.379. The van der Waals surface area contributed by atoms with E-state index in [1.807, 2.05) is 0 Å². The minimum absolute atomic E-state index is 0.00940. The highest BCUT2D eigenvalue weighted by Gasteiger charge is 2.17. The Bertz CT molecular complexity index is 368. The lowest BCUT2D eigenvalue weighted by Gasteiger charge is -2.05. The molecule has 6 heteroatoms. The van der Waals surface area contributed by atoms with E-state index in [4.69, 9.17) is 16.3 Å². The van der Waals surface area contributed by atoms with Gasteiger partial charge in [-0.1, -0.05) is 11.6 Å². The van der Waals surface area contributed by atoms with Crippen LogP contribution in [0.5, 0.6) is 5.88 Å². The summed E-state index contributed by atoms with van der Waals surface area (Å²) in [6.45, 7) is 1.68. The number of ether oxygens (including phenoxy) is 2. The van der Waals surface area contributed by atoms with Gasteiger partial charge in [-0.2, -0.15) is 0 Å². The molecule has 0 spiro atoms. The maximum Gasteiger partial charge on any atom is 0.360 e. The molecule has 0 N–H and O–H groups in total. The second-order valence-corrected chi connectivity index (χ2v) is 2.81. The summed E-state index contributed by atoms with van der Waals surface area (Å²) in [7, 11) is 2.68. The van der Waals surface area contributed by atoms with Gasteiger partial charge >= 0.3 is 5.97 Å². The first-order chi connectivity index (χ1) is 6.60. The monoisotopic (exact) mass is 216 g/mol. The topological polar surface area (TPSA) is 61.3 Å². The minimum Gasteiger partial charge on any atom is -0.480 e. The first-order valence-electron chi connectivity index (χ1n) is 3.76. The van der Waals surface area contributed by atoms with Gasteiger partial charge in [0.1, 0.15) is 5.69 Å². The molecule has 0 aromatic carbocycles. The maximum absolute atomic E-state index is 11.1. The summed E-state index contributed by atoms with van der Waals surface area (Å²) in [5, 5.41) is 0.00940. The Morgan fingerprint density at radius 3 is 2.50 bits per heavy atom. The molecule has 5 nitrogen and oxygen atoms in total. The number of halogens is 1. The average Bonchev–Trinajstić information content (AvgIpc) is 2.17. The van der Waals surface area contributed by atoms with Crippen molar-refractivity contribution in [3.8, 4) is 5.88 Å². The number of methoxy groups -OCH3 is 2. The molecule has 0 bridgehead atoms. The van der Waals surface area contributed by atoms with Gasteiger partial charge in [0.2, 0.25) is 5.88 Å². The third-order valence-electron chi connectivity index (χ3n) is 1.56. The van der Waals surface area contributed by atoms with E-state index in [1.54, 1.807) is 6.92 Å². The number of hydrogen-bond donors (Lipinski definition) is 0. The SMILES string of the molecule is COC(=O)c1nc(OC)c(C)nc1Cl. The Morgan fingerprint density at radius 2 is 2.00 bits per heavy atom. The van der Waals surface area contributed by atoms with Crippen molar-refractivity contribution in [3.63, 3.8) is 0 Å². The molecular formula is C8H9ClN2O3. The Kier molecular flexibility index (Phi) is 3.24. The maximum atomic E-state index is 11.1. The number of aromatic nitrogens is 2. The molecule has 0 saturated heterocycles. The van der Waals surface area contributed by atoms with Crippen LogP contribution in [-0.2, 0) is 4.74 Å². The van der Waals surface area contributed by atoms with E-state index < -0.39 is 5.97 Å². The first kappa shape index (κ1) is 10.7. The molecule has 0 fully saturated rings. The summed E-state index contributed by atoms with van der Waals surface area (Å²) < 4.78 is 9.37. The zero-order valence-electron chi connectivity index (χ0n) is 8.00. The molecule has 0 atom stereocenters. The fraction of sp³-hybridized carbons (Fsp3) is 0.375. The van der Waals surface area contributed by atoms with Crippen LogP contribution in [0.1, 0.15) is 16.2 Å². The molecule has 1 heterocycles. The van der Waals surface area contributed by atoms with Crippen molar-refractivity contribution in [2.45, 2.75) is 6.92 Å². The molecule has 0 aliphatic rings. The number of carbonyl (C=O) groups is 1. The van der Waals surface area contributed by atoms with E-state index in [2.05, 4.69) is 14.7 Å². The first-order valence-corrected chi connectivity index (χ1v) is 4.14. The molecule has 0 aliphatic carbocycles. The van der Waals surface area contributed by atoms with Crippen LogP contribution >= 0.6 is 11.6 Å². The zero-order valence-corrected chi connectivity index (χ0v) is 8.75. The third-order valence-corrected chi connectivity index (χ3v) is 1.82. The van der Waals surface area contributed by atoms with Crippen molar-refractivity contribution >= 4 is 17.6 Å². The molecule has 0 saturated carbocycles. The van der Waals surface area contributed by atoms with Gasteiger partial charge in [-0.3, -0.25) is 0 Å². The number of esters is 1. The normalized spacial score (nSPS) is 9.71. The summed E-state index contributed by atoms with van der Waals surface area (Å²) in [6, 6.07) is 0. The molecule has 14 heavy (non-hydrogen) atoms. The molecule has 76 valence electrons. The molecule has 1 rings (SSSR count). The van der Waals surface area contributed by atoms with Crippen LogP contribution in [0.3, 0.4) is 0 Å². The smallest absolute Gasteiger partial charge is 0.360 e. The minimum atomic E-state index is -0.638. The van der Waals surface area contributed by atoms with Gasteiger partial charge in [-0.25, -0.2) is 14.8 Å². The molecule has 0 radical (unpaired) electrons. The third kappa shape index (κ3) is 1.93. The highest BCUT2D eigenvalue weighted by molar-refractivity contribution is 6.32. The standard InChI is InChI=1S/C8H9ClN2O3/c1-4-7(13-2)11-5(6(9)10-4)8(12)14-3/h1-3H3. The molecule has 1 aromatic heterocycles. The van der Waals surface area contributed by atoms with E-state index >= 15 is 0 Å². The van der Waals surface area contributed by atoms with E-state index in [0.29, 0.717) is 5.69 Å². The molecule has 0 unspecified atom stereocenters. The van der Waals surface area contributed by atoms with Crippen LogP contribution in [0.2, 0.25) is 5.15 Å². The van der Waals surface area contributed by atoms with Crippen LogP contribution in [-0.4, -0.2) is 30.2 Å². The number of carbonyl (C=O) groups excluding carboxylic acids is 1. The number of nitrogens with zero attached hydrogens (tertiary/aromatic N) is 2. The quantitative estimate of drug-likeness (QED) is 0.696. The van der Waals surface area contributed by atoms with Crippen LogP contribution in [0, 0.1) is 6.92 Å². The molecule has 1 aromatic rings. The largest absolute Gasteiger partial charge is 0.480 e. The van der Waals surface area contributed by atoms with Crippen LogP contribution in [0.4, 0.5) is 0 Å². The number of rotatable bonds is 2. The highest BCUT2D eigenvalue weighted by atomic mass is 35.5. The van der Waals surface area contributed by atoms with Gasteiger partial charge in [0, 0.05) is 0 Å². The van der Waals surface area contributed by atoms with Gasteiger partial charge in [0.15, 0.2) is 10.8 Å². The van der Waals surface area contributed by atoms with Crippen LogP contribution < -0.4 is 4.74 Å². The molecule has 0 aliphatic heterocycles. The summed E-state index contributed by atoms with van der Waals surface area (Å²) in [5.41, 5.74) is 0.474. The lowest BCUT2D eigenvalue weighted by atomic mass is 10.4. The highest BCUT2D eigenvalue weighted by Crippen LogP contribution is 2.19. The summed E-state index contributed by atoms with van der Waals surface area (Å²) >= 11 is 5.70. The lowest BCUT2D eigenvalue weighted by molar-refractivity contribution is 0.0592. The second kappa shape index (κ2) is 4.23. The second-order valence-electron chi connectivity index (χ2n) is 2.45. The van der Waals surface area contributed by atoms with Crippen molar-refractivity contribution in [2.75, 3.05) is 14.2 Å². The number of hydrogen-bond acceptors (Lipinski definition) is 5. The number of aryl methyl sites for hydroxylation is 1. The van der Waals surface area contributed by atoms with Crippen LogP contribution in [0.25, 0.3) is 0 Å². The molecule has 0 amide bonds. The fourth-order valence-electron chi connectivity index (χ4n) is 0.896. The van der Waals surface area contributed by atoms with Crippen molar-refractivity contribution < 1.29 is 14.3 Å². The van der Waals surface area contributed by atoms with E-state index in [9.17, 15) is 4.79 Å². The van der Waals surface area contributed by atoms with E-state index in [0.717, 1.165) is 0 Å². The Balaban J connectivity index is 3.24. The van der Waals surface area contributed by atoms with Crippen LogP contribution in [0.15, 0.2) is 0 Å². The summed E-state index contributed by atoms with van der Waals surface area (Å²) in [6.07, 6.45) is 0. The molecular weight excluding hydrogens is 208 g/mol. The van der Waals surface area contributed by atoms with Gasteiger partial charge in [0.25, 0.3) is 0 Å². The van der Waals surface area contributed by atoms with Gasteiger partial charge in [0.05, 0.1) is 14.2 Å². The average molecular weight is 217 g/mol. The van der Waals surface area contributed by atoms with E-state index in [-0.39, 0.29) is 16.7 Å². The van der Waals surface area contributed by atoms with Gasteiger partial charge in [-0.15, -0.1) is 0 Å². The fourth-order valence-corrected chi connectivity index (χ4v) is 1.14. The Labute approximate surface area is 86.0 Å². The van der Waals surface area contributed by atoms with Crippen molar-refractivity contribution in [2.24, 2.45) is 0 Å². The summed E-state index contributed by atoms with van der Waals surface area (Å²) in [4.78, 5) is 18.9. The Morgan fingerprint density at radius 1 is 1.36 bits per heavy atom. The predicted molar refractivity (Wildman–Crippen MR) is 49.7 cm³/mol. The van der Waals surface area contributed by atoms with Crippen molar-refractivity contribution in [3.05, 3.63) is 16.5 Å². The van der Waals surface area contributed by atoms with Crippen molar-refractivity contribution in [1.29, 1.82) is 0 Å². The van der Waals surface area contributed by atoms with Gasteiger partial charge < -0.3 is 9.47 Å². The van der Waals surface area contributed by atoms with Gasteiger partial charge in [-0.05, 0) is 6.92 Å². The predicted octanol–water partition coefficient (Wildman–Crippen LogP) is 1.23. The van der Waals surface area contributed by atoms with E-state index in [1.165, 1.54) is 14.2 Å². The lowest BCUT2D eigenvalue weighted by Crippen LogP contribution is -2.08.